The molecule has 0 aliphatic heterocycles. The predicted octanol–water partition coefficient (Wildman–Crippen LogP) is 3.26. The fourth-order valence-electron chi connectivity index (χ4n) is 2.74. The summed E-state index contributed by atoms with van der Waals surface area (Å²) in [6, 6.07) is 12.4. The maximum atomic E-state index is 12.0. The molecule has 7 heteroatoms. The minimum absolute atomic E-state index is 0.110. The second-order valence-electron chi connectivity index (χ2n) is 6.76. The Morgan fingerprint density at radius 2 is 1.70 bits per heavy atom. The van der Waals surface area contributed by atoms with Crippen molar-refractivity contribution in [3.63, 3.8) is 0 Å². The molecule has 1 amide bonds. The first kappa shape index (κ1) is 22.9. The summed E-state index contributed by atoms with van der Waals surface area (Å²) in [7, 11) is 1.44. The van der Waals surface area contributed by atoms with Gasteiger partial charge in [0.2, 0.25) is 0 Å². The molecule has 0 saturated heterocycles. The first-order chi connectivity index (χ1) is 14.3. The van der Waals surface area contributed by atoms with Crippen LogP contribution in [0.4, 0.5) is 0 Å². The molecule has 0 bridgehead atoms. The van der Waals surface area contributed by atoms with Crippen LogP contribution >= 0.6 is 0 Å². The summed E-state index contributed by atoms with van der Waals surface area (Å²) in [6.07, 6.45) is 0.950. The first-order valence-electron chi connectivity index (χ1n) is 9.69. The number of hydrogen-bond donors (Lipinski definition) is 1. The molecule has 0 radical (unpaired) electrons. The number of ether oxygens (including phenoxy) is 3. The van der Waals surface area contributed by atoms with Crippen molar-refractivity contribution in [1.82, 2.24) is 5.32 Å². The van der Waals surface area contributed by atoms with Crippen molar-refractivity contribution in [3.05, 3.63) is 59.2 Å². The highest BCUT2D eigenvalue weighted by Gasteiger charge is 2.14. The second-order valence-corrected chi connectivity index (χ2v) is 6.76. The van der Waals surface area contributed by atoms with E-state index >= 15 is 0 Å². The van der Waals surface area contributed by atoms with Gasteiger partial charge in [-0.3, -0.25) is 9.59 Å². The number of benzene rings is 2. The van der Waals surface area contributed by atoms with Gasteiger partial charge in [0.1, 0.15) is 0 Å². The van der Waals surface area contributed by atoms with Crippen molar-refractivity contribution in [1.29, 1.82) is 0 Å². The van der Waals surface area contributed by atoms with Gasteiger partial charge in [-0.05, 0) is 49.6 Å². The number of aryl methyl sites for hydroxylation is 1. The molecule has 0 aliphatic carbocycles. The van der Waals surface area contributed by atoms with Crippen LogP contribution in [0.15, 0.2) is 42.5 Å². The van der Waals surface area contributed by atoms with E-state index in [2.05, 4.69) is 12.2 Å². The van der Waals surface area contributed by atoms with Gasteiger partial charge in [0.25, 0.3) is 5.91 Å². The molecule has 1 atom stereocenters. The number of hydrogen-bond acceptors (Lipinski definition) is 6. The predicted molar refractivity (Wildman–Crippen MR) is 112 cm³/mol. The summed E-state index contributed by atoms with van der Waals surface area (Å²) in [5.41, 5.74) is 2.66. The SMILES string of the molecule is CCc1ccc([C@H](C)NC(=O)COC(=O)COc2ccc(C(C)=O)cc2OC)cc1. The molecule has 7 nitrogen and oxygen atoms in total. The zero-order valence-electron chi connectivity index (χ0n) is 17.7. The number of carbonyl (C=O) groups excluding carboxylic acids is 3. The molecular weight excluding hydrogens is 386 g/mol. The third kappa shape index (κ3) is 6.62. The molecular formula is C23H27NO6. The van der Waals surface area contributed by atoms with Gasteiger partial charge < -0.3 is 19.5 Å². The maximum absolute atomic E-state index is 12.0. The molecule has 1 N–H and O–H groups in total. The number of nitrogens with one attached hydrogen (secondary N) is 1. The molecule has 0 fully saturated rings. The summed E-state index contributed by atoms with van der Waals surface area (Å²) >= 11 is 0. The van der Waals surface area contributed by atoms with Gasteiger partial charge in [-0.25, -0.2) is 4.79 Å². The maximum Gasteiger partial charge on any atom is 0.344 e. The van der Waals surface area contributed by atoms with Crippen LogP contribution in [0.3, 0.4) is 0 Å². The van der Waals surface area contributed by atoms with Crippen molar-refractivity contribution in [2.75, 3.05) is 20.3 Å². The van der Waals surface area contributed by atoms with Gasteiger partial charge in [-0.2, -0.15) is 0 Å². The molecule has 0 saturated carbocycles. The third-order valence-corrected chi connectivity index (χ3v) is 4.55. The number of esters is 1. The molecule has 0 unspecified atom stereocenters. The van der Waals surface area contributed by atoms with E-state index in [9.17, 15) is 14.4 Å². The minimum atomic E-state index is -0.692. The molecule has 0 spiro atoms. The van der Waals surface area contributed by atoms with Crippen molar-refractivity contribution in [2.24, 2.45) is 0 Å². The van der Waals surface area contributed by atoms with Crippen LogP contribution in [0, 0.1) is 0 Å². The molecule has 2 aromatic carbocycles. The molecule has 0 aliphatic rings. The highest BCUT2D eigenvalue weighted by atomic mass is 16.6. The van der Waals surface area contributed by atoms with E-state index in [1.807, 2.05) is 31.2 Å². The van der Waals surface area contributed by atoms with Crippen molar-refractivity contribution in [3.8, 4) is 11.5 Å². The van der Waals surface area contributed by atoms with E-state index in [0.717, 1.165) is 12.0 Å². The Bertz CT molecular complexity index is 891. The van der Waals surface area contributed by atoms with Gasteiger partial charge in [0.15, 0.2) is 30.5 Å². The Kier molecular flexibility index (Phi) is 8.41. The number of ketones is 1. The van der Waals surface area contributed by atoms with E-state index in [1.54, 1.807) is 12.1 Å². The number of methoxy groups -OCH3 is 1. The highest BCUT2D eigenvalue weighted by molar-refractivity contribution is 5.94. The van der Waals surface area contributed by atoms with Crippen molar-refractivity contribution in [2.45, 2.75) is 33.2 Å². The Hall–Kier alpha value is -3.35. The number of Topliss-reactive ketones (excluding diaryl/α,β-unsaturated/α-hetero) is 1. The van der Waals surface area contributed by atoms with Crippen molar-refractivity contribution >= 4 is 17.7 Å². The van der Waals surface area contributed by atoms with E-state index in [4.69, 9.17) is 14.2 Å². The Morgan fingerprint density at radius 1 is 1.00 bits per heavy atom. The second kappa shape index (κ2) is 11.0. The van der Waals surface area contributed by atoms with Gasteiger partial charge in [0, 0.05) is 5.56 Å². The van der Waals surface area contributed by atoms with E-state index in [1.165, 1.54) is 25.7 Å². The standard InChI is InChI=1S/C23H27NO6/c1-5-17-6-8-18(9-7-17)15(2)24-22(26)13-30-23(27)14-29-20-11-10-19(16(3)25)12-21(20)28-4/h6-12,15H,5,13-14H2,1-4H3,(H,24,26)/t15-/m0/s1. The Morgan fingerprint density at radius 3 is 2.30 bits per heavy atom. The molecule has 30 heavy (non-hydrogen) atoms. The number of carbonyl (C=O) groups is 3. The quantitative estimate of drug-likeness (QED) is 0.475. The van der Waals surface area contributed by atoms with Crippen LogP contribution in [0.5, 0.6) is 11.5 Å². The van der Waals surface area contributed by atoms with E-state index in [-0.39, 0.29) is 11.8 Å². The Labute approximate surface area is 176 Å². The monoisotopic (exact) mass is 413 g/mol. The van der Waals surface area contributed by atoms with Gasteiger partial charge in [-0.1, -0.05) is 31.2 Å². The van der Waals surface area contributed by atoms with Crippen molar-refractivity contribution < 1.29 is 28.6 Å². The largest absolute Gasteiger partial charge is 0.493 e. The molecule has 160 valence electrons. The van der Waals surface area contributed by atoms with E-state index in [0.29, 0.717) is 17.1 Å². The minimum Gasteiger partial charge on any atom is -0.493 e. The average Bonchev–Trinajstić information content (AvgIpc) is 2.75. The van der Waals surface area contributed by atoms with Crippen LogP contribution < -0.4 is 14.8 Å². The van der Waals surface area contributed by atoms with Crippen LogP contribution in [-0.2, 0) is 20.7 Å². The number of rotatable bonds is 10. The normalized spacial score (nSPS) is 11.3. The summed E-state index contributed by atoms with van der Waals surface area (Å²) in [4.78, 5) is 35.4. The topological polar surface area (TPSA) is 90.9 Å². The lowest BCUT2D eigenvalue weighted by molar-refractivity contribution is -0.150. The van der Waals surface area contributed by atoms with Crippen LogP contribution in [-0.4, -0.2) is 38.0 Å². The fraction of sp³-hybridized carbons (Fsp3) is 0.348. The lowest BCUT2D eigenvalue weighted by atomic mass is 10.1. The summed E-state index contributed by atoms with van der Waals surface area (Å²) in [6.45, 7) is 4.59. The first-order valence-corrected chi connectivity index (χ1v) is 9.69. The summed E-state index contributed by atoms with van der Waals surface area (Å²) in [5, 5.41) is 2.79. The lowest BCUT2D eigenvalue weighted by Crippen LogP contribution is -2.32. The van der Waals surface area contributed by atoms with E-state index < -0.39 is 25.1 Å². The molecule has 0 aromatic heterocycles. The van der Waals surface area contributed by atoms with Crippen LogP contribution in [0.25, 0.3) is 0 Å². The number of amides is 1. The Balaban J connectivity index is 1.80. The third-order valence-electron chi connectivity index (χ3n) is 4.55. The fourth-order valence-corrected chi connectivity index (χ4v) is 2.74. The highest BCUT2D eigenvalue weighted by Crippen LogP contribution is 2.28. The zero-order valence-corrected chi connectivity index (χ0v) is 17.7. The molecule has 0 heterocycles. The average molecular weight is 413 g/mol. The zero-order chi connectivity index (χ0) is 22.1. The van der Waals surface area contributed by atoms with Gasteiger partial charge in [-0.15, -0.1) is 0 Å². The smallest absolute Gasteiger partial charge is 0.344 e. The summed E-state index contributed by atoms with van der Waals surface area (Å²) < 4.78 is 15.5. The van der Waals surface area contributed by atoms with Gasteiger partial charge >= 0.3 is 5.97 Å². The molecule has 2 aromatic rings. The molecule has 2 rings (SSSR count). The summed E-state index contributed by atoms with van der Waals surface area (Å²) in [5.74, 6) is -0.577. The van der Waals surface area contributed by atoms with Crippen LogP contribution in [0.1, 0.15) is 48.3 Å². The van der Waals surface area contributed by atoms with Crippen LogP contribution in [0.2, 0.25) is 0 Å². The lowest BCUT2D eigenvalue weighted by Gasteiger charge is -2.15. The van der Waals surface area contributed by atoms with Gasteiger partial charge in [0.05, 0.1) is 13.2 Å².